The minimum absolute atomic E-state index is 0.0618. The van der Waals surface area contributed by atoms with Crippen LogP contribution in [-0.4, -0.2) is 46.4 Å². The molecule has 0 atom stereocenters. The van der Waals surface area contributed by atoms with Crippen molar-refractivity contribution < 1.29 is 23.8 Å². The fraction of sp³-hybridized carbons (Fsp3) is 0.650. The number of carbonyl (C=O) groups is 1. The molecule has 29 heavy (non-hydrogen) atoms. The Labute approximate surface area is 171 Å². The first-order chi connectivity index (χ1) is 13.2. The molecule has 1 aromatic rings. The summed E-state index contributed by atoms with van der Waals surface area (Å²) in [6.07, 6.45) is 0.167. The fourth-order valence-electron chi connectivity index (χ4n) is 3.41. The summed E-state index contributed by atoms with van der Waals surface area (Å²) in [5, 5.41) is 11.8. The lowest BCUT2D eigenvalue weighted by Gasteiger charge is -2.32. The van der Waals surface area contributed by atoms with E-state index >= 15 is 0 Å². The van der Waals surface area contributed by atoms with Crippen molar-refractivity contribution in [3.63, 3.8) is 0 Å². The summed E-state index contributed by atoms with van der Waals surface area (Å²) in [7, 11) is -0.811. The highest BCUT2D eigenvalue weighted by Gasteiger charge is 2.53. The summed E-state index contributed by atoms with van der Waals surface area (Å²) >= 11 is 0. The number of hydrogen-bond acceptors (Lipinski definition) is 6. The van der Waals surface area contributed by atoms with E-state index in [0.717, 1.165) is 11.1 Å². The van der Waals surface area contributed by atoms with Gasteiger partial charge in [0, 0.05) is 19.2 Å². The third kappa shape index (κ3) is 4.26. The molecule has 2 aliphatic heterocycles. The van der Waals surface area contributed by atoms with Crippen molar-refractivity contribution in [2.75, 3.05) is 6.54 Å². The number of benzene rings is 1. The first-order valence-corrected chi connectivity index (χ1v) is 9.84. The van der Waals surface area contributed by atoms with Crippen LogP contribution in [0.15, 0.2) is 12.1 Å². The molecule has 0 radical (unpaired) electrons. The smallest absolute Gasteiger partial charge is 0.444 e. The second-order valence-electron chi connectivity index (χ2n) is 9.68. The third-order valence-electron chi connectivity index (χ3n) is 5.72. The quantitative estimate of drug-likeness (QED) is 0.427. The molecule has 1 saturated heterocycles. The predicted molar refractivity (Wildman–Crippen MR) is 109 cm³/mol. The molecule has 1 aromatic carbocycles. The van der Waals surface area contributed by atoms with Gasteiger partial charge in [0.15, 0.2) is 0 Å². The van der Waals surface area contributed by atoms with Crippen LogP contribution in [0.25, 0.3) is 0 Å². The average molecular weight is 404 g/mol. The second kappa shape index (κ2) is 6.99. The monoisotopic (exact) mass is 404 g/mol. The van der Waals surface area contributed by atoms with Crippen LogP contribution in [-0.2, 0) is 27.0 Å². The van der Waals surface area contributed by atoms with Gasteiger partial charge in [0.05, 0.1) is 21.6 Å². The van der Waals surface area contributed by atoms with Gasteiger partial charge >= 0.3 is 13.2 Å². The van der Waals surface area contributed by atoms with Gasteiger partial charge in [0.2, 0.25) is 0 Å². The molecule has 0 saturated carbocycles. The lowest BCUT2D eigenvalue weighted by molar-refractivity contribution is -0.383. The summed E-state index contributed by atoms with van der Waals surface area (Å²) in [5.74, 6) is 0. The maximum atomic E-state index is 12.4. The van der Waals surface area contributed by atoms with Crippen molar-refractivity contribution in [3.8, 4) is 0 Å². The van der Waals surface area contributed by atoms with Gasteiger partial charge in [0.25, 0.3) is 5.69 Å². The molecule has 0 unspecified atom stereocenters. The number of ether oxygens (including phenoxy) is 1. The predicted octanol–water partition coefficient (Wildman–Crippen LogP) is 3.19. The zero-order valence-electron chi connectivity index (χ0n) is 18.2. The zero-order valence-corrected chi connectivity index (χ0v) is 18.2. The fourth-order valence-corrected chi connectivity index (χ4v) is 3.41. The largest absolute Gasteiger partial charge is 0.501 e. The normalized spacial score (nSPS) is 20.4. The highest BCUT2D eigenvalue weighted by Crippen LogP contribution is 2.37. The highest BCUT2D eigenvalue weighted by atomic mass is 16.7. The molecule has 3 rings (SSSR count). The molecule has 2 heterocycles. The number of hydrogen-bond donors (Lipinski definition) is 0. The van der Waals surface area contributed by atoms with Gasteiger partial charge in [-0.25, -0.2) is 4.79 Å². The third-order valence-corrected chi connectivity index (χ3v) is 5.72. The molecule has 0 aromatic heterocycles. The maximum Gasteiger partial charge on any atom is 0.501 e. The Morgan fingerprint density at radius 2 is 1.76 bits per heavy atom. The number of carbonyl (C=O) groups excluding carboxylic acids is 1. The van der Waals surface area contributed by atoms with Crippen LogP contribution in [0.1, 0.15) is 59.6 Å². The number of fused-ring (bicyclic) bond motifs is 1. The molecule has 0 spiro atoms. The molecule has 2 aliphatic rings. The molecule has 8 nitrogen and oxygen atoms in total. The van der Waals surface area contributed by atoms with Crippen LogP contribution in [0.2, 0.25) is 0 Å². The Morgan fingerprint density at radius 1 is 1.17 bits per heavy atom. The number of rotatable bonds is 2. The number of amides is 1. The van der Waals surface area contributed by atoms with E-state index in [-0.39, 0.29) is 12.2 Å². The summed E-state index contributed by atoms with van der Waals surface area (Å²) in [6, 6.07) is 3.33. The van der Waals surface area contributed by atoms with E-state index in [1.807, 2.05) is 48.5 Å². The van der Waals surface area contributed by atoms with E-state index in [0.29, 0.717) is 18.4 Å². The molecular weight excluding hydrogens is 375 g/mol. The van der Waals surface area contributed by atoms with Crippen LogP contribution in [0.4, 0.5) is 10.5 Å². The van der Waals surface area contributed by atoms with E-state index in [2.05, 4.69) is 0 Å². The number of nitro groups is 1. The Bertz CT molecular complexity index is 830. The molecule has 0 bridgehead atoms. The van der Waals surface area contributed by atoms with E-state index < -0.39 is 34.9 Å². The number of nitrogens with zero attached hydrogens (tertiary/aromatic N) is 2. The highest BCUT2D eigenvalue weighted by molar-refractivity contribution is 6.63. The van der Waals surface area contributed by atoms with Crippen LogP contribution in [0, 0.1) is 10.1 Å². The van der Waals surface area contributed by atoms with Crippen molar-refractivity contribution >= 4 is 24.4 Å². The summed E-state index contributed by atoms with van der Waals surface area (Å²) in [4.78, 5) is 25.3. The van der Waals surface area contributed by atoms with Crippen molar-refractivity contribution in [2.24, 2.45) is 0 Å². The van der Waals surface area contributed by atoms with Gasteiger partial charge in [-0.15, -0.1) is 0 Å². The minimum Gasteiger partial charge on any atom is -0.444 e. The Balaban J connectivity index is 1.91. The summed E-state index contributed by atoms with van der Waals surface area (Å²) in [6.45, 7) is 13.8. The van der Waals surface area contributed by atoms with Gasteiger partial charge in [-0.3, -0.25) is 10.1 Å². The molecule has 158 valence electrons. The van der Waals surface area contributed by atoms with Gasteiger partial charge in [-0.2, -0.15) is 0 Å². The molecule has 1 fully saturated rings. The van der Waals surface area contributed by atoms with Gasteiger partial charge in [-0.05, 0) is 66.0 Å². The summed E-state index contributed by atoms with van der Waals surface area (Å²) < 4.78 is 17.5. The second-order valence-corrected chi connectivity index (χ2v) is 9.68. The topological polar surface area (TPSA) is 91.1 Å². The van der Waals surface area contributed by atoms with Crippen LogP contribution in [0.3, 0.4) is 0 Å². The SMILES string of the molecule is CC(C)(C)OC(=O)N1CCc2cc(B3OC(C)(C)C(C)(C)O3)c([N+](=O)[O-])cc2C1. The van der Waals surface area contributed by atoms with E-state index in [1.165, 1.54) is 6.07 Å². The Kier molecular flexibility index (Phi) is 5.20. The minimum atomic E-state index is -0.811. The molecule has 9 heteroatoms. The standard InChI is InChI=1S/C20H29BN2O6/c1-18(2,3)27-17(24)22-9-8-13-10-15(16(23(25)26)11-14(13)12-22)21-28-19(4,5)20(6,7)29-21/h10-11H,8-9,12H2,1-7H3. The Morgan fingerprint density at radius 3 is 2.28 bits per heavy atom. The molecule has 0 N–H and O–H groups in total. The molecular formula is C20H29BN2O6. The van der Waals surface area contributed by atoms with Crippen molar-refractivity contribution in [3.05, 3.63) is 33.4 Å². The lowest BCUT2D eigenvalue weighted by atomic mass is 9.75. The summed E-state index contributed by atoms with van der Waals surface area (Å²) in [5.41, 5.74) is 0.286. The zero-order chi connectivity index (χ0) is 21.8. The number of nitro benzene ring substituents is 1. The Hall–Kier alpha value is -2.13. The van der Waals surface area contributed by atoms with Crippen molar-refractivity contribution in [1.29, 1.82) is 0 Å². The van der Waals surface area contributed by atoms with Crippen LogP contribution in [0.5, 0.6) is 0 Å². The van der Waals surface area contributed by atoms with Crippen LogP contribution < -0.4 is 5.46 Å². The van der Waals surface area contributed by atoms with Crippen molar-refractivity contribution in [1.82, 2.24) is 4.90 Å². The van der Waals surface area contributed by atoms with E-state index in [9.17, 15) is 14.9 Å². The first kappa shape index (κ1) is 21.6. The van der Waals surface area contributed by atoms with Crippen LogP contribution >= 0.6 is 0 Å². The first-order valence-electron chi connectivity index (χ1n) is 9.84. The van der Waals surface area contributed by atoms with E-state index in [4.69, 9.17) is 14.0 Å². The molecule has 1 amide bonds. The lowest BCUT2D eigenvalue weighted by Crippen LogP contribution is -2.41. The van der Waals surface area contributed by atoms with Gasteiger partial charge in [0.1, 0.15) is 5.60 Å². The van der Waals surface area contributed by atoms with Gasteiger partial charge in [-0.1, -0.05) is 6.07 Å². The van der Waals surface area contributed by atoms with Crippen molar-refractivity contribution in [2.45, 2.75) is 78.2 Å². The van der Waals surface area contributed by atoms with Gasteiger partial charge < -0.3 is 18.9 Å². The maximum absolute atomic E-state index is 12.4. The van der Waals surface area contributed by atoms with E-state index in [1.54, 1.807) is 11.0 Å². The molecule has 0 aliphatic carbocycles. The average Bonchev–Trinajstić information content (AvgIpc) is 2.79.